The van der Waals surface area contributed by atoms with Gasteiger partial charge in [0.05, 0.1) is 13.2 Å². The van der Waals surface area contributed by atoms with Crippen LogP contribution in [0.25, 0.3) is 0 Å². The molecular formula is C13H16N2O4. The molecule has 0 radical (unpaired) electrons. The molecule has 0 saturated heterocycles. The topological polar surface area (TPSA) is 77.6 Å². The van der Waals surface area contributed by atoms with Crippen molar-refractivity contribution in [2.45, 2.75) is 20.0 Å². The van der Waals surface area contributed by atoms with Gasteiger partial charge in [-0.15, -0.1) is 10.2 Å². The minimum absolute atomic E-state index is 0.0150. The fourth-order valence-electron chi connectivity index (χ4n) is 1.51. The Morgan fingerprint density at radius 3 is 2.63 bits per heavy atom. The molecule has 0 aliphatic heterocycles. The second-order valence-electron chi connectivity index (χ2n) is 3.76. The van der Waals surface area contributed by atoms with Crippen LogP contribution in [0.1, 0.15) is 18.7 Å². The number of benzene rings is 1. The maximum atomic E-state index is 8.74. The normalized spacial score (nSPS) is 10.4. The van der Waals surface area contributed by atoms with Crippen LogP contribution in [-0.2, 0) is 13.0 Å². The highest BCUT2D eigenvalue weighted by Crippen LogP contribution is 2.20. The van der Waals surface area contributed by atoms with Crippen LogP contribution >= 0.6 is 0 Å². The van der Waals surface area contributed by atoms with Gasteiger partial charge in [-0.05, 0) is 19.1 Å². The summed E-state index contributed by atoms with van der Waals surface area (Å²) in [6.07, 6.45) is 0.354. The van der Waals surface area contributed by atoms with E-state index in [0.717, 1.165) is 5.75 Å². The molecule has 0 atom stereocenters. The van der Waals surface area contributed by atoms with E-state index in [9.17, 15) is 0 Å². The molecule has 2 aromatic rings. The molecule has 1 aromatic carbocycles. The molecule has 6 heteroatoms. The van der Waals surface area contributed by atoms with Crippen molar-refractivity contribution in [3.05, 3.63) is 36.0 Å². The minimum atomic E-state index is -0.0150. The van der Waals surface area contributed by atoms with Gasteiger partial charge in [-0.2, -0.15) is 0 Å². The predicted molar refractivity (Wildman–Crippen MR) is 67.0 cm³/mol. The first-order chi connectivity index (χ1) is 9.31. The SMILES string of the molecule is CCOc1cccc(OCc2nnc(CCO)o2)c1. The summed E-state index contributed by atoms with van der Waals surface area (Å²) in [6, 6.07) is 7.34. The molecule has 0 unspecified atom stereocenters. The number of aliphatic hydroxyl groups is 1. The molecule has 6 nitrogen and oxygen atoms in total. The second kappa shape index (κ2) is 6.75. The molecule has 0 bridgehead atoms. The summed E-state index contributed by atoms with van der Waals surface area (Å²) < 4.78 is 16.2. The third-order valence-electron chi connectivity index (χ3n) is 2.31. The molecule has 19 heavy (non-hydrogen) atoms. The Morgan fingerprint density at radius 1 is 1.16 bits per heavy atom. The smallest absolute Gasteiger partial charge is 0.253 e. The van der Waals surface area contributed by atoms with Crippen molar-refractivity contribution in [2.24, 2.45) is 0 Å². The quantitative estimate of drug-likeness (QED) is 0.818. The summed E-state index contributed by atoms with van der Waals surface area (Å²) >= 11 is 0. The molecule has 0 fully saturated rings. The van der Waals surface area contributed by atoms with Gasteiger partial charge in [0, 0.05) is 12.5 Å². The van der Waals surface area contributed by atoms with E-state index in [1.165, 1.54) is 0 Å². The first-order valence-electron chi connectivity index (χ1n) is 6.09. The van der Waals surface area contributed by atoms with Crippen LogP contribution in [0.3, 0.4) is 0 Å². The fourth-order valence-corrected chi connectivity index (χ4v) is 1.51. The molecule has 102 valence electrons. The van der Waals surface area contributed by atoms with Crippen LogP contribution in [0, 0.1) is 0 Å². The minimum Gasteiger partial charge on any atom is -0.494 e. The highest BCUT2D eigenvalue weighted by atomic mass is 16.5. The van der Waals surface area contributed by atoms with Crippen molar-refractivity contribution in [1.82, 2.24) is 10.2 Å². The number of rotatable bonds is 7. The Labute approximate surface area is 111 Å². The molecule has 1 heterocycles. The summed E-state index contributed by atoms with van der Waals surface area (Å²) in [4.78, 5) is 0. The van der Waals surface area contributed by atoms with Gasteiger partial charge in [0.15, 0.2) is 6.61 Å². The van der Waals surface area contributed by atoms with E-state index in [1.807, 2.05) is 25.1 Å². The van der Waals surface area contributed by atoms with E-state index in [0.29, 0.717) is 30.6 Å². The summed E-state index contributed by atoms with van der Waals surface area (Å²) in [7, 11) is 0. The molecular weight excluding hydrogens is 248 g/mol. The molecule has 0 aliphatic rings. The van der Waals surface area contributed by atoms with Crippen LogP contribution in [-0.4, -0.2) is 28.5 Å². The van der Waals surface area contributed by atoms with E-state index < -0.39 is 0 Å². The Kier molecular flexibility index (Phi) is 4.74. The van der Waals surface area contributed by atoms with E-state index in [2.05, 4.69) is 10.2 Å². The van der Waals surface area contributed by atoms with Crippen LogP contribution in [0.2, 0.25) is 0 Å². The highest BCUT2D eigenvalue weighted by Gasteiger charge is 2.06. The summed E-state index contributed by atoms with van der Waals surface area (Å²) in [5.74, 6) is 2.22. The zero-order chi connectivity index (χ0) is 13.5. The number of ether oxygens (including phenoxy) is 2. The van der Waals surface area contributed by atoms with Gasteiger partial charge in [0.1, 0.15) is 11.5 Å². The molecule has 0 saturated carbocycles. The van der Waals surface area contributed by atoms with Gasteiger partial charge in [-0.3, -0.25) is 0 Å². The third-order valence-corrected chi connectivity index (χ3v) is 2.31. The van der Waals surface area contributed by atoms with Crippen LogP contribution in [0.5, 0.6) is 11.5 Å². The van der Waals surface area contributed by atoms with Crippen molar-refractivity contribution in [2.75, 3.05) is 13.2 Å². The summed E-state index contributed by atoms with van der Waals surface area (Å²) in [6.45, 7) is 2.71. The number of hydrogen-bond donors (Lipinski definition) is 1. The average molecular weight is 264 g/mol. The molecule has 1 N–H and O–H groups in total. The lowest BCUT2D eigenvalue weighted by atomic mass is 10.3. The number of hydrogen-bond acceptors (Lipinski definition) is 6. The van der Waals surface area contributed by atoms with Gasteiger partial charge < -0.3 is 19.0 Å². The third kappa shape index (κ3) is 3.96. The molecule has 0 spiro atoms. The molecule has 2 rings (SSSR count). The summed E-state index contributed by atoms with van der Waals surface area (Å²) in [5, 5.41) is 16.4. The van der Waals surface area contributed by atoms with E-state index >= 15 is 0 Å². The van der Waals surface area contributed by atoms with Crippen molar-refractivity contribution in [3.63, 3.8) is 0 Å². The lowest BCUT2D eigenvalue weighted by molar-refractivity contribution is 0.248. The molecule has 1 aromatic heterocycles. The van der Waals surface area contributed by atoms with E-state index in [4.69, 9.17) is 19.0 Å². The van der Waals surface area contributed by atoms with Gasteiger partial charge >= 0.3 is 0 Å². The van der Waals surface area contributed by atoms with E-state index in [-0.39, 0.29) is 13.2 Å². The predicted octanol–water partition coefficient (Wildman–Crippen LogP) is 1.58. The second-order valence-corrected chi connectivity index (χ2v) is 3.76. The van der Waals surface area contributed by atoms with Gasteiger partial charge in [-0.25, -0.2) is 0 Å². The lowest BCUT2D eigenvalue weighted by Gasteiger charge is -2.06. The van der Waals surface area contributed by atoms with Crippen LogP contribution in [0.15, 0.2) is 28.7 Å². The number of nitrogens with zero attached hydrogens (tertiary/aromatic N) is 2. The summed E-state index contributed by atoms with van der Waals surface area (Å²) in [5.41, 5.74) is 0. The van der Waals surface area contributed by atoms with Crippen molar-refractivity contribution < 1.29 is 19.0 Å². The first-order valence-corrected chi connectivity index (χ1v) is 6.09. The zero-order valence-corrected chi connectivity index (χ0v) is 10.7. The van der Waals surface area contributed by atoms with Gasteiger partial charge in [0.25, 0.3) is 5.89 Å². The lowest BCUT2D eigenvalue weighted by Crippen LogP contribution is -1.97. The maximum absolute atomic E-state index is 8.74. The van der Waals surface area contributed by atoms with Gasteiger partial charge in [-0.1, -0.05) is 6.07 Å². The standard InChI is InChI=1S/C13H16N2O4/c1-2-17-10-4-3-5-11(8-10)18-9-13-15-14-12(19-13)6-7-16/h3-5,8,16H,2,6-7,9H2,1H3. The van der Waals surface area contributed by atoms with Crippen molar-refractivity contribution in [1.29, 1.82) is 0 Å². The van der Waals surface area contributed by atoms with Gasteiger partial charge in [0.2, 0.25) is 5.89 Å². The fraction of sp³-hybridized carbons (Fsp3) is 0.385. The Bertz CT molecular complexity index is 513. The van der Waals surface area contributed by atoms with Crippen LogP contribution in [0.4, 0.5) is 0 Å². The Morgan fingerprint density at radius 2 is 1.89 bits per heavy atom. The van der Waals surface area contributed by atoms with E-state index in [1.54, 1.807) is 6.07 Å². The number of aliphatic hydroxyl groups excluding tert-OH is 1. The molecule has 0 amide bonds. The zero-order valence-electron chi connectivity index (χ0n) is 10.7. The maximum Gasteiger partial charge on any atom is 0.253 e. The Hall–Kier alpha value is -2.08. The highest BCUT2D eigenvalue weighted by molar-refractivity contribution is 5.32. The Balaban J connectivity index is 1.91. The van der Waals surface area contributed by atoms with Crippen molar-refractivity contribution in [3.8, 4) is 11.5 Å². The first kappa shape index (κ1) is 13.4. The molecule has 0 aliphatic carbocycles. The van der Waals surface area contributed by atoms with Crippen LogP contribution < -0.4 is 9.47 Å². The largest absolute Gasteiger partial charge is 0.494 e. The average Bonchev–Trinajstić information content (AvgIpc) is 2.86. The van der Waals surface area contributed by atoms with Crippen molar-refractivity contribution >= 4 is 0 Å². The monoisotopic (exact) mass is 264 g/mol. The number of aromatic nitrogens is 2.